The van der Waals surface area contributed by atoms with Crippen molar-refractivity contribution in [2.75, 3.05) is 26.2 Å². The highest BCUT2D eigenvalue weighted by Crippen LogP contribution is 2.24. The van der Waals surface area contributed by atoms with Crippen molar-refractivity contribution >= 4 is 5.91 Å². The number of rotatable bonds is 3. The molecule has 0 aromatic heterocycles. The normalized spacial score (nSPS) is 19.4. The molecule has 1 saturated heterocycles. The summed E-state index contributed by atoms with van der Waals surface area (Å²) in [7, 11) is 0. The Labute approximate surface area is 123 Å². The van der Waals surface area contributed by atoms with Crippen LogP contribution in [0, 0.1) is 11.6 Å². The van der Waals surface area contributed by atoms with Crippen LogP contribution in [0.4, 0.5) is 8.78 Å². The summed E-state index contributed by atoms with van der Waals surface area (Å²) in [5.41, 5.74) is 6.07. The van der Waals surface area contributed by atoms with Crippen molar-refractivity contribution in [2.45, 2.75) is 25.9 Å². The topological polar surface area (TPSA) is 49.6 Å². The monoisotopic (exact) mass is 297 g/mol. The van der Waals surface area contributed by atoms with E-state index in [0.29, 0.717) is 31.7 Å². The summed E-state index contributed by atoms with van der Waals surface area (Å²) in [6, 6.07) is 3.00. The number of hydrogen-bond acceptors (Lipinski definition) is 3. The molecule has 1 aromatic carbocycles. The number of nitrogens with zero attached hydrogens (tertiary/aromatic N) is 2. The second-order valence-corrected chi connectivity index (χ2v) is 5.49. The van der Waals surface area contributed by atoms with Gasteiger partial charge in [-0.1, -0.05) is 6.07 Å². The standard InChI is InChI=1S/C15H21F2N3O/c1-10(18)15(21)20-7-5-19(6-8-20)11(2)13-4-3-12(16)9-14(13)17/h3-4,9-11H,5-8,18H2,1-2H3/t10-,11+/m1/s1. The minimum atomic E-state index is -0.573. The highest BCUT2D eigenvalue weighted by molar-refractivity contribution is 5.81. The first-order chi connectivity index (χ1) is 9.90. The molecule has 1 aliphatic rings. The summed E-state index contributed by atoms with van der Waals surface area (Å²) < 4.78 is 26.8. The average Bonchev–Trinajstić information content (AvgIpc) is 2.46. The summed E-state index contributed by atoms with van der Waals surface area (Å²) in [5, 5.41) is 0. The lowest BCUT2D eigenvalue weighted by molar-refractivity contribution is -0.134. The number of halogens is 2. The molecule has 0 unspecified atom stereocenters. The van der Waals surface area contributed by atoms with Crippen molar-refractivity contribution in [1.82, 2.24) is 9.80 Å². The van der Waals surface area contributed by atoms with E-state index in [-0.39, 0.29) is 11.9 Å². The fraction of sp³-hybridized carbons (Fsp3) is 0.533. The highest BCUT2D eigenvalue weighted by Gasteiger charge is 2.27. The van der Waals surface area contributed by atoms with E-state index in [4.69, 9.17) is 5.73 Å². The number of amides is 1. The van der Waals surface area contributed by atoms with Crippen molar-refractivity contribution in [3.63, 3.8) is 0 Å². The Hall–Kier alpha value is -1.53. The minimum Gasteiger partial charge on any atom is -0.339 e. The molecule has 1 heterocycles. The van der Waals surface area contributed by atoms with Crippen LogP contribution in [0.15, 0.2) is 18.2 Å². The highest BCUT2D eigenvalue weighted by atomic mass is 19.1. The molecule has 0 saturated carbocycles. The summed E-state index contributed by atoms with van der Waals surface area (Å²) >= 11 is 0. The van der Waals surface area contributed by atoms with E-state index in [0.717, 1.165) is 6.07 Å². The number of carbonyl (C=O) groups excluding carboxylic acids is 1. The Morgan fingerprint density at radius 1 is 1.19 bits per heavy atom. The van der Waals surface area contributed by atoms with Crippen LogP contribution >= 0.6 is 0 Å². The fourth-order valence-corrected chi connectivity index (χ4v) is 2.65. The quantitative estimate of drug-likeness (QED) is 0.920. The predicted octanol–water partition coefficient (Wildman–Crippen LogP) is 1.52. The number of benzene rings is 1. The Kier molecular flexibility index (Phi) is 4.90. The zero-order valence-corrected chi connectivity index (χ0v) is 12.4. The van der Waals surface area contributed by atoms with Crippen molar-refractivity contribution in [2.24, 2.45) is 5.73 Å². The Balaban J connectivity index is 2.00. The molecule has 0 bridgehead atoms. The fourth-order valence-electron chi connectivity index (χ4n) is 2.65. The van der Waals surface area contributed by atoms with E-state index in [9.17, 15) is 13.6 Å². The van der Waals surface area contributed by atoms with Gasteiger partial charge in [0.2, 0.25) is 5.91 Å². The van der Waals surface area contributed by atoms with Crippen molar-refractivity contribution in [3.8, 4) is 0 Å². The molecule has 4 nitrogen and oxygen atoms in total. The summed E-state index contributed by atoms with van der Waals surface area (Å²) in [4.78, 5) is 15.6. The third kappa shape index (κ3) is 3.57. The van der Waals surface area contributed by atoms with Gasteiger partial charge in [0.25, 0.3) is 0 Å². The van der Waals surface area contributed by atoms with Crippen LogP contribution in [-0.2, 0) is 4.79 Å². The van der Waals surface area contributed by atoms with E-state index in [2.05, 4.69) is 4.90 Å². The zero-order valence-electron chi connectivity index (χ0n) is 12.4. The van der Waals surface area contributed by atoms with Gasteiger partial charge in [-0.15, -0.1) is 0 Å². The Morgan fingerprint density at radius 2 is 1.81 bits per heavy atom. The lowest BCUT2D eigenvalue weighted by Crippen LogP contribution is -2.52. The summed E-state index contributed by atoms with van der Waals surface area (Å²) in [6.45, 7) is 6.01. The maximum atomic E-state index is 13.8. The van der Waals surface area contributed by atoms with Crippen molar-refractivity contribution in [3.05, 3.63) is 35.4 Å². The number of carbonyl (C=O) groups is 1. The number of piperazine rings is 1. The van der Waals surface area contributed by atoms with Crippen LogP contribution < -0.4 is 5.73 Å². The zero-order chi connectivity index (χ0) is 15.6. The van der Waals surface area contributed by atoms with Crippen LogP contribution in [0.1, 0.15) is 25.5 Å². The van der Waals surface area contributed by atoms with Gasteiger partial charge in [-0.3, -0.25) is 9.69 Å². The number of nitrogens with two attached hydrogens (primary N) is 1. The molecule has 6 heteroatoms. The van der Waals surface area contributed by atoms with Crippen LogP contribution in [-0.4, -0.2) is 47.9 Å². The molecule has 0 aliphatic carbocycles. The van der Waals surface area contributed by atoms with Crippen molar-refractivity contribution < 1.29 is 13.6 Å². The second kappa shape index (κ2) is 6.49. The van der Waals surface area contributed by atoms with Crippen molar-refractivity contribution in [1.29, 1.82) is 0 Å². The molecular formula is C15H21F2N3O. The van der Waals surface area contributed by atoms with Gasteiger partial charge >= 0.3 is 0 Å². The van der Waals surface area contributed by atoms with E-state index in [1.54, 1.807) is 11.8 Å². The lowest BCUT2D eigenvalue weighted by atomic mass is 10.1. The van der Waals surface area contributed by atoms with Gasteiger partial charge in [0, 0.05) is 43.9 Å². The summed E-state index contributed by atoms with van der Waals surface area (Å²) in [5.74, 6) is -1.16. The molecule has 1 amide bonds. The smallest absolute Gasteiger partial charge is 0.239 e. The lowest BCUT2D eigenvalue weighted by Gasteiger charge is -2.38. The Morgan fingerprint density at radius 3 is 2.33 bits per heavy atom. The first-order valence-corrected chi connectivity index (χ1v) is 7.13. The van der Waals surface area contributed by atoms with Crippen LogP contribution in [0.25, 0.3) is 0 Å². The van der Waals surface area contributed by atoms with Gasteiger partial charge in [-0.2, -0.15) is 0 Å². The minimum absolute atomic E-state index is 0.0599. The van der Waals surface area contributed by atoms with E-state index in [1.807, 2.05) is 6.92 Å². The first-order valence-electron chi connectivity index (χ1n) is 7.13. The van der Waals surface area contributed by atoms with E-state index < -0.39 is 17.7 Å². The van der Waals surface area contributed by atoms with Crippen LogP contribution in [0.2, 0.25) is 0 Å². The average molecular weight is 297 g/mol. The molecule has 1 aliphatic heterocycles. The Bertz CT molecular complexity index is 514. The molecule has 21 heavy (non-hydrogen) atoms. The van der Waals surface area contributed by atoms with Gasteiger partial charge in [0.05, 0.1) is 6.04 Å². The van der Waals surface area contributed by atoms with Gasteiger partial charge in [-0.25, -0.2) is 8.78 Å². The molecule has 1 aromatic rings. The largest absolute Gasteiger partial charge is 0.339 e. The summed E-state index contributed by atoms with van der Waals surface area (Å²) in [6.07, 6.45) is 0. The predicted molar refractivity (Wildman–Crippen MR) is 76.6 cm³/mol. The van der Waals surface area contributed by atoms with Gasteiger partial charge in [0.15, 0.2) is 0 Å². The third-order valence-electron chi connectivity index (χ3n) is 3.98. The maximum absolute atomic E-state index is 13.8. The SMILES string of the molecule is C[C@@H](N)C(=O)N1CCN([C@@H](C)c2ccc(F)cc2F)CC1. The van der Waals surface area contributed by atoms with Crippen LogP contribution in [0.5, 0.6) is 0 Å². The molecule has 2 rings (SSSR count). The number of hydrogen-bond donors (Lipinski definition) is 1. The second-order valence-electron chi connectivity index (χ2n) is 5.49. The first kappa shape index (κ1) is 15.9. The van der Waals surface area contributed by atoms with E-state index in [1.165, 1.54) is 12.1 Å². The third-order valence-corrected chi connectivity index (χ3v) is 3.98. The van der Waals surface area contributed by atoms with E-state index >= 15 is 0 Å². The molecule has 2 N–H and O–H groups in total. The van der Waals surface area contributed by atoms with Gasteiger partial charge in [0.1, 0.15) is 11.6 Å². The molecule has 1 fully saturated rings. The maximum Gasteiger partial charge on any atom is 0.239 e. The molecule has 0 spiro atoms. The molecule has 0 radical (unpaired) electrons. The van der Waals surface area contributed by atoms with Gasteiger partial charge < -0.3 is 10.6 Å². The molecular weight excluding hydrogens is 276 g/mol. The molecule has 2 atom stereocenters. The van der Waals surface area contributed by atoms with Crippen LogP contribution in [0.3, 0.4) is 0 Å². The molecule has 116 valence electrons. The van der Waals surface area contributed by atoms with Gasteiger partial charge in [-0.05, 0) is 19.9 Å².